The Labute approximate surface area is 114 Å². The Morgan fingerprint density at radius 2 is 1.94 bits per heavy atom. The standard InChI is InChI=1S/C14H20FNO.ClH/c1-10(2)17-14-12(4-3-5-13(14)15)11-6-8-16-9-7-11;/h3-5,10-11,16H,6-9H2,1-2H3;1H. The van der Waals surface area contributed by atoms with E-state index in [1.807, 2.05) is 19.9 Å². The van der Waals surface area contributed by atoms with Gasteiger partial charge in [0.1, 0.15) is 0 Å². The molecule has 1 aliphatic rings. The van der Waals surface area contributed by atoms with E-state index < -0.39 is 0 Å². The largest absolute Gasteiger partial charge is 0.488 e. The van der Waals surface area contributed by atoms with Crippen LogP contribution >= 0.6 is 12.4 Å². The number of halogens is 2. The lowest BCUT2D eigenvalue weighted by Gasteiger charge is -2.25. The van der Waals surface area contributed by atoms with Crippen LogP contribution in [0.3, 0.4) is 0 Å². The Hall–Kier alpha value is -0.800. The Bertz CT molecular complexity index is 378. The maximum Gasteiger partial charge on any atom is 0.165 e. The van der Waals surface area contributed by atoms with Gasteiger partial charge in [0.05, 0.1) is 6.10 Å². The van der Waals surface area contributed by atoms with Crippen LogP contribution in [-0.4, -0.2) is 19.2 Å². The average Bonchev–Trinajstić information content (AvgIpc) is 2.32. The van der Waals surface area contributed by atoms with E-state index >= 15 is 0 Å². The van der Waals surface area contributed by atoms with Gasteiger partial charge < -0.3 is 10.1 Å². The highest BCUT2D eigenvalue weighted by molar-refractivity contribution is 5.85. The van der Waals surface area contributed by atoms with Gasteiger partial charge in [-0.15, -0.1) is 12.4 Å². The number of hydrogen-bond acceptors (Lipinski definition) is 2. The van der Waals surface area contributed by atoms with Gasteiger partial charge in [-0.1, -0.05) is 12.1 Å². The predicted molar refractivity (Wildman–Crippen MR) is 74.3 cm³/mol. The lowest BCUT2D eigenvalue weighted by molar-refractivity contribution is 0.226. The summed E-state index contributed by atoms with van der Waals surface area (Å²) in [4.78, 5) is 0. The number of ether oxygens (including phenoxy) is 1. The quantitative estimate of drug-likeness (QED) is 0.910. The first-order valence-electron chi connectivity index (χ1n) is 6.34. The molecule has 1 heterocycles. The molecular formula is C14H21ClFNO. The maximum absolute atomic E-state index is 13.8. The van der Waals surface area contributed by atoms with E-state index in [0.717, 1.165) is 31.5 Å². The van der Waals surface area contributed by atoms with Crippen LogP contribution in [0.25, 0.3) is 0 Å². The molecule has 2 nitrogen and oxygen atoms in total. The van der Waals surface area contributed by atoms with Crippen molar-refractivity contribution in [3.8, 4) is 5.75 Å². The number of piperidine rings is 1. The van der Waals surface area contributed by atoms with E-state index in [1.54, 1.807) is 6.07 Å². The second-order valence-corrected chi connectivity index (χ2v) is 4.85. The second-order valence-electron chi connectivity index (χ2n) is 4.85. The molecule has 0 amide bonds. The van der Waals surface area contributed by atoms with Crippen molar-refractivity contribution in [2.75, 3.05) is 13.1 Å². The van der Waals surface area contributed by atoms with Gasteiger partial charge in [-0.05, 0) is 51.8 Å². The lowest BCUT2D eigenvalue weighted by Crippen LogP contribution is -2.27. The van der Waals surface area contributed by atoms with Crippen LogP contribution in [0.2, 0.25) is 0 Å². The molecule has 0 bridgehead atoms. The molecule has 1 fully saturated rings. The summed E-state index contributed by atoms with van der Waals surface area (Å²) in [6, 6.07) is 5.25. The number of nitrogens with one attached hydrogen (secondary N) is 1. The first-order valence-corrected chi connectivity index (χ1v) is 6.34. The highest BCUT2D eigenvalue weighted by Gasteiger charge is 2.21. The molecule has 1 N–H and O–H groups in total. The molecule has 0 aliphatic carbocycles. The molecule has 1 saturated heterocycles. The summed E-state index contributed by atoms with van der Waals surface area (Å²) >= 11 is 0. The maximum atomic E-state index is 13.8. The highest BCUT2D eigenvalue weighted by atomic mass is 35.5. The third-order valence-electron chi connectivity index (χ3n) is 3.13. The van der Waals surface area contributed by atoms with E-state index in [-0.39, 0.29) is 24.3 Å². The number of benzene rings is 1. The van der Waals surface area contributed by atoms with Crippen molar-refractivity contribution in [3.63, 3.8) is 0 Å². The van der Waals surface area contributed by atoms with Crippen molar-refractivity contribution in [2.45, 2.75) is 38.7 Å². The lowest BCUT2D eigenvalue weighted by atomic mass is 9.89. The van der Waals surface area contributed by atoms with Gasteiger partial charge in [0.25, 0.3) is 0 Å². The molecule has 0 atom stereocenters. The summed E-state index contributed by atoms with van der Waals surface area (Å²) in [5.41, 5.74) is 1.03. The van der Waals surface area contributed by atoms with E-state index in [9.17, 15) is 4.39 Å². The van der Waals surface area contributed by atoms with E-state index in [2.05, 4.69) is 5.32 Å². The van der Waals surface area contributed by atoms with Crippen molar-refractivity contribution in [1.82, 2.24) is 5.32 Å². The summed E-state index contributed by atoms with van der Waals surface area (Å²) in [5.74, 6) is 0.629. The molecule has 1 aromatic rings. The van der Waals surface area contributed by atoms with Crippen molar-refractivity contribution >= 4 is 12.4 Å². The fourth-order valence-electron chi connectivity index (χ4n) is 2.34. The van der Waals surface area contributed by atoms with E-state index in [0.29, 0.717) is 11.7 Å². The molecule has 102 valence electrons. The topological polar surface area (TPSA) is 21.3 Å². The van der Waals surface area contributed by atoms with E-state index in [1.165, 1.54) is 6.07 Å². The molecule has 18 heavy (non-hydrogen) atoms. The fourth-order valence-corrected chi connectivity index (χ4v) is 2.34. The molecule has 4 heteroatoms. The molecule has 0 spiro atoms. The van der Waals surface area contributed by atoms with Gasteiger partial charge >= 0.3 is 0 Å². The van der Waals surface area contributed by atoms with Crippen LogP contribution in [0.4, 0.5) is 4.39 Å². The Morgan fingerprint density at radius 3 is 2.56 bits per heavy atom. The van der Waals surface area contributed by atoms with Crippen molar-refractivity contribution in [2.24, 2.45) is 0 Å². The molecular weight excluding hydrogens is 253 g/mol. The zero-order valence-corrected chi connectivity index (χ0v) is 11.7. The van der Waals surface area contributed by atoms with Gasteiger partial charge in [0.15, 0.2) is 11.6 Å². The van der Waals surface area contributed by atoms with Gasteiger partial charge in [0.2, 0.25) is 0 Å². The summed E-state index contributed by atoms with van der Waals surface area (Å²) in [6.45, 7) is 5.86. The van der Waals surface area contributed by atoms with Gasteiger partial charge in [-0.25, -0.2) is 4.39 Å². The molecule has 0 unspecified atom stereocenters. The summed E-state index contributed by atoms with van der Waals surface area (Å²) in [7, 11) is 0. The normalized spacial score (nSPS) is 16.4. The SMILES string of the molecule is CC(C)Oc1c(F)cccc1C1CCNCC1.Cl. The Morgan fingerprint density at radius 1 is 1.28 bits per heavy atom. The second kappa shape index (κ2) is 6.95. The predicted octanol–water partition coefficient (Wildman–Crippen LogP) is 3.50. The van der Waals surface area contributed by atoms with Crippen LogP contribution in [0, 0.1) is 5.82 Å². The third kappa shape index (κ3) is 3.59. The first-order chi connectivity index (χ1) is 8.18. The molecule has 0 radical (unpaired) electrons. The van der Waals surface area contributed by atoms with Gasteiger partial charge in [-0.3, -0.25) is 0 Å². The van der Waals surface area contributed by atoms with Crippen molar-refractivity contribution in [1.29, 1.82) is 0 Å². The minimum absolute atomic E-state index is 0. The summed E-state index contributed by atoms with van der Waals surface area (Å²) < 4.78 is 19.5. The summed E-state index contributed by atoms with van der Waals surface area (Å²) in [6.07, 6.45) is 2.11. The van der Waals surface area contributed by atoms with Crippen LogP contribution in [0.5, 0.6) is 5.75 Å². The molecule has 0 saturated carbocycles. The summed E-state index contributed by atoms with van der Waals surface area (Å²) in [5, 5.41) is 3.32. The van der Waals surface area contributed by atoms with Crippen LogP contribution < -0.4 is 10.1 Å². The van der Waals surface area contributed by atoms with Crippen LogP contribution in [0.15, 0.2) is 18.2 Å². The van der Waals surface area contributed by atoms with Crippen molar-refractivity contribution < 1.29 is 9.13 Å². The number of para-hydroxylation sites is 1. The van der Waals surface area contributed by atoms with E-state index in [4.69, 9.17) is 4.74 Å². The minimum atomic E-state index is -0.241. The van der Waals surface area contributed by atoms with Gasteiger partial charge in [-0.2, -0.15) is 0 Å². The zero-order chi connectivity index (χ0) is 12.3. The monoisotopic (exact) mass is 273 g/mol. The number of rotatable bonds is 3. The smallest absolute Gasteiger partial charge is 0.165 e. The van der Waals surface area contributed by atoms with Crippen molar-refractivity contribution in [3.05, 3.63) is 29.6 Å². The third-order valence-corrected chi connectivity index (χ3v) is 3.13. The Kier molecular flexibility index (Phi) is 5.89. The average molecular weight is 274 g/mol. The fraction of sp³-hybridized carbons (Fsp3) is 0.571. The van der Waals surface area contributed by atoms with Crippen LogP contribution in [0.1, 0.15) is 38.2 Å². The molecule has 0 aromatic heterocycles. The molecule has 2 rings (SSSR count). The molecule has 1 aromatic carbocycles. The Balaban J connectivity index is 0.00000162. The highest BCUT2D eigenvalue weighted by Crippen LogP contribution is 2.34. The number of hydrogen-bond donors (Lipinski definition) is 1. The zero-order valence-electron chi connectivity index (χ0n) is 10.9. The first kappa shape index (κ1) is 15.3. The molecule has 1 aliphatic heterocycles. The van der Waals surface area contributed by atoms with Crippen LogP contribution in [-0.2, 0) is 0 Å². The van der Waals surface area contributed by atoms with Gasteiger partial charge in [0, 0.05) is 5.56 Å². The minimum Gasteiger partial charge on any atom is -0.488 e.